The van der Waals surface area contributed by atoms with E-state index < -0.39 is 0 Å². The Morgan fingerprint density at radius 3 is 1.95 bits per heavy atom. The lowest BCUT2D eigenvalue weighted by molar-refractivity contribution is 0.444. The van der Waals surface area contributed by atoms with Crippen molar-refractivity contribution in [3.05, 3.63) is 23.8 Å². The van der Waals surface area contributed by atoms with Crippen molar-refractivity contribution in [1.29, 1.82) is 0 Å². The van der Waals surface area contributed by atoms with Crippen LogP contribution in [-0.4, -0.2) is 10.2 Å². The zero-order valence-electron chi connectivity index (χ0n) is 12.8. The van der Waals surface area contributed by atoms with E-state index in [0.29, 0.717) is 0 Å². The summed E-state index contributed by atoms with van der Waals surface area (Å²) in [6.45, 7) is 2.25. The summed E-state index contributed by atoms with van der Waals surface area (Å²) in [6, 6.07) is 5.85. The van der Waals surface area contributed by atoms with Gasteiger partial charge in [0.25, 0.3) is 0 Å². The van der Waals surface area contributed by atoms with Crippen LogP contribution >= 0.6 is 0 Å². The van der Waals surface area contributed by atoms with Crippen LogP contribution in [0, 0.1) is 6.07 Å². The molecule has 0 saturated carbocycles. The Balaban J connectivity index is 1.97. The van der Waals surface area contributed by atoms with Gasteiger partial charge in [0.05, 0.1) is 0 Å². The molecule has 113 valence electrons. The van der Waals surface area contributed by atoms with Gasteiger partial charge in [0.2, 0.25) is 0 Å². The summed E-state index contributed by atoms with van der Waals surface area (Å²) in [4.78, 5) is 0. The van der Waals surface area contributed by atoms with Crippen LogP contribution in [0.3, 0.4) is 0 Å². The summed E-state index contributed by atoms with van der Waals surface area (Å²) < 4.78 is 0. The number of hydrogen-bond donors (Lipinski definition) is 2. The smallest absolute Gasteiger partial charge is 0.123 e. The van der Waals surface area contributed by atoms with Crippen molar-refractivity contribution < 1.29 is 10.2 Å². The Morgan fingerprint density at radius 2 is 1.40 bits per heavy atom. The first-order valence-electron chi connectivity index (χ1n) is 8.16. The number of hydrogen-bond acceptors (Lipinski definition) is 2. The Labute approximate surface area is 123 Å². The molecule has 0 heterocycles. The molecule has 0 aliphatic heterocycles. The van der Waals surface area contributed by atoms with Crippen LogP contribution in [0.4, 0.5) is 0 Å². The quantitative estimate of drug-likeness (QED) is 0.534. The van der Waals surface area contributed by atoms with Crippen molar-refractivity contribution in [2.24, 2.45) is 0 Å². The molecular weight excluding hydrogens is 248 g/mol. The van der Waals surface area contributed by atoms with Crippen molar-refractivity contribution in [3.63, 3.8) is 0 Å². The van der Waals surface area contributed by atoms with Crippen molar-refractivity contribution in [2.45, 2.75) is 77.6 Å². The fraction of sp³-hybridized carbons (Fsp3) is 0.667. The molecule has 1 rings (SSSR count). The van der Waals surface area contributed by atoms with Gasteiger partial charge in [-0.05, 0) is 25.0 Å². The van der Waals surface area contributed by atoms with E-state index in [-0.39, 0.29) is 11.5 Å². The summed E-state index contributed by atoms with van der Waals surface area (Å²) in [7, 11) is 0. The summed E-state index contributed by atoms with van der Waals surface area (Å²) in [5, 5.41) is 18.8. The predicted octanol–water partition coefficient (Wildman–Crippen LogP) is 5.36. The Kier molecular flexibility index (Phi) is 8.93. The van der Waals surface area contributed by atoms with E-state index in [1.807, 2.05) is 0 Å². The third-order valence-electron chi connectivity index (χ3n) is 3.77. The third-order valence-corrected chi connectivity index (χ3v) is 3.77. The van der Waals surface area contributed by atoms with Gasteiger partial charge < -0.3 is 10.2 Å². The van der Waals surface area contributed by atoms with Gasteiger partial charge in [0, 0.05) is 11.6 Å². The molecule has 20 heavy (non-hydrogen) atoms. The number of aromatic hydroxyl groups is 2. The third kappa shape index (κ3) is 7.42. The molecule has 2 N–H and O–H groups in total. The van der Waals surface area contributed by atoms with E-state index in [1.54, 1.807) is 0 Å². The highest BCUT2D eigenvalue weighted by Gasteiger charge is 2.02. The average molecular weight is 277 g/mol. The molecular formula is C18H29O2. The number of phenolic OH excluding ortho intramolecular Hbond substituents is 2. The number of phenols is 2. The highest BCUT2D eigenvalue weighted by atomic mass is 16.3. The minimum atomic E-state index is 0.0781. The zero-order valence-corrected chi connectivity index (χ0v) is 12.8. The number of rotatable bonds is 11. The van der Waals surface area contributed by atoms with Gasteiger partial charge in [0.1, 0.15) is 11.5 Å². The van der Waals surface area contributed by atoms with Crippen LogP contribution in [0.5, 0.6) is 11.5 Å². The van der Waals surface area contributed by atoms with Gasteiger partial charge in [-0.15, -0.1) is 0 Å². The van der Waals surface area contributed by atoms with Gasteiger partial charge >= 0.3 is 0 Å². The maximum absolute atomic E-state index is 9.64. The average Bonchev–Trinajstić information content (AvgIpc) is 2.43. The highest BCUT2D eigenvalue weighted by Crippen LogP contribution is 2.23. The van der Waals surface area contributed by atoms with Crippen LogP contribution < -0.4 is 0 Å². The maximum atomic E-state index is 9.64. The van der Waals surface area contributed by atoms with Crippen LogP contribution in [0.15, 0.2) is 12.1 Å². The molecule has 0 fully saturated rings. The first-order chi connectivity index (χ1) is 9.74. The molecule has 1 aromatic carbocycles. The Hall–Kier alpha value is -1.18. The van der Waals surface area contributed by atoms with Gasteiger partial charge in [-0.3, -0.25) is 0 Å². The lowest BCUT2D eigenvalue weighted by atomic mass is 10.0. The number of unbranched alkanes of at least 4 members (excludes halogenated alkanes) is 9. The largest absolute Gasteiger partial charge is 0.508 e. The van der Waals surface area contributed by atoms with Crippen LogP contribution in [0.1, 0.15) is 76.7 Å². The summed E-state index contributed by atoms with van der Waals surface area (Å²) >= 11 is 0. The normalized spacial score (nSPS) is 10.8. The molecule has 0 aliphatic carbocycles. The Bertz CT molecular complexity index is 360. The fourth-order valence-corrected chi connectivity index (χ4v) is 2.49. The molecule has 0 saturated heterocycles. The highest BCUT2D eigenvalue weighted by molar-refractivity contribution is 5.37. The molecule has 2 nitrogen and oxygen atoms in total. The predicted molar refractivity (Wildman–Crippen MR) is 84.2 cm³/mol. The van der Waals surface area contributed by atoms with Crippen molar-refractivity contribution in [1.82, 2.24) is 0 Å². The van der Waals surface area contributed by atoms with Gasteiger partial charge in [-0.25, -0.2) is 0 Å². The van der Waals surface area contributed by atoms with Gasteiger partial charge in [-0.2, -0.15) is 0 Å². The first kappa shape index (κ1) is 16.9. The number of benzene rings is 1. The lowest BCUT2D eigenvalue weighted by Gasteiger charge is -2.05. The second-order valence-electron chi connectivity index (χ2n) is 5.65. The first-order valence-corrected chi connectivity index (χ1v) is 8.16. The van der Waals surface area contributed by atoms with E-state index in [1.165, 1.54) is 69.9 Å². The molecule has 0 unspecified atom stereocenters. The van der Waals surface area contributed by atoms with Crippen molar-refractivity contribution >= 4 is 0 Å². The number of aryl methyl sites for hydroxylation is 1. The van der Waals surface area contributed by atoms with E-state index >= 15 is 0 Å². The molecule has 1 radical (unpaired) electrons. The second-order valence-corrected chi connectivity index (χ2v) is 5.65. The lowest BCUT2D eigenvalue weighted by Crippen LogP contribution is -1.88. The molecule has 2 heteroatoms. The zero-order chi connectivity index (χ0) is 14.6. The van der Waals surface area contributed by atoms with Gasteiger partial charge in [0.15, 0.2) is 0 Å². The van der Waals surface area contributed by atoms with Crippen molar-refractivity contribution in [2.75, 3.05) is 0 Å². The molecule has 0 bridgehead atoms. The second kappa shape index (κ2) is 10.6. The molecule has 0 aromatic heterocycles. The van der Waals surface area contributed by atoms with E-state index in [9.17, 15) is 10.2 Å². The van der Waals surface area contributed by atoms with E-state index in [4.69, 9.17) is 0 Å². The molecule has 0 atom stereocenters. The van der Waals surface area contributed by atoms with Crippen LogP contribution in [-0.2, 0) is 6.42 Å². The molecule has 0 aliphatic rings. The van der Waals surface area contributed by atoms with E-state index in [2.05, 4.69) is 13.0 Å². The van der Waals surface area contributed by atoms with Gasteiger partial charge in [-0.1, -0.05) is 64.7 Å². The van der Waals surface area contributed by atoms with Crippen LogP contribution in [0.2, 0.25) is 0 Å². The minimum Gasteiger partial charge on any atom is -0.508 e. The fourth-order valence-electron chi connectivity index (χ4n) is 2.49. The maximum Gasteiger partial charge on any atom is 0.123 e. The summed E-state index contributed by atoms with van der Waals surface area (Å²) in [5.41, 5.74) is 0.822. The van der Waals surface area contributed by atoms with Crippen LogP contribution in [0.25, 0.3) is 0 Å². The summed E-state index contributed by atoms with van der Waals surface area (Å²) in [5.74, 6) is 0.246. The van der Waals surface area contributed by atoms with Crippen molar-refractivity contribution in [3.8, 4) is 11.5 Å². The molecule has 1 aromatic rings. The van der Waals surface area contributed by atoms with E-state index in [0.717, 1.165) is 18.4 Å². The monoisotopic (exact) mass is 277 g/mol. The minimum absolute atomic E-state index is 0.0781. The molecule has 0 amide bonds. The summed E-state index contributed by atoms with van der Waals surface area (Å²) in [6.07, 6.45) is 14.0. The SMILES string of the molecule is CCCCCCCCCCCCc1[c]cc(O)cc1O. The topological polar surface area (TPSA) is 40.5 Å². The molecule has 0 spiro atoms. The standard InChI is InChI=1S/C18H29O2/c1-2-3-4-5-6-7-8-9-10-11-12-16-13-14-17(19)15-18(16)20/h14-15,19-20H,2-12H2,1H3. The Morgan fingerprint density at radius 1 is 0.850 bits per heavy atom.